The SMILES string of the molecule is CC[C@H](C)[C@H](NC(=O)Nc1nnc(C)c(C)n1)C(=O)O. The first-order valence-electron chi connectivity index (χ1n) is 6.33. The summed E-state index contributed by atoms with van der Waals surface area (Å²) in [5, 5.41) is 21.4. The zero-order chi connectivity index (χ0) is 15.3. The average Bonchev–Trinajstić information content (AvgIpc) is 2.39. The number of urea groups is 1. The van der Waals surface area contributed by atoms with Crippen molar-refractivity contribution < 1.29 is 14.7 Å². The number of aryl methyl sites for hydroxylation is 2. The van der Waals surface area contributed by atoms with E-state index >= 15 is 0 Å². The summed E-state index contributed by atoms with van der Waals surface area (Å²) in [7, 11) is 0. The van der Waals surface area contributed by atoms with Crippen molar-refractivity contribution in [3.63, 3.8) is 0 Å². The first-order valence-corrected chi connectivity index (χ1v) is 6.33. The average molecular weight is 281 g/mol. The molecular weight excluding hydrogens is 262 g/mol. The van der Waals surface area contributed by atoms with Gasteiger partial charge in [0.15, 0.2) is 0 Å². The number of carbonyl (C=O) groups excluding carboxylic acids is 1. The number of nitrogens with zero attached hydrogens (tertiary/aromatic N) is 3. The molecule has 2 atom stereocenters. The van der Waals surface area contributed by atoms with E-state index in [0.29, 0.717) is 17.8 Å². The number of carboxylic acid groups (broad SMARTS) is 1. The molecule has 0 saturated heterocycles. The van der Waals surface area contributed by atoms with E-state index in [9.17, 15) is 9.59 Å². The van der Waals surface area contributed by atoms with Crippen LogP contribution in [0.25, 0.3) is 0 Å². The van der Waals surface area contributed by atoms with Crippen LogP contribution in [0, 0.1) is 19.8 Å². The fourth-order valence-corrected chi connectivity index (χ4v) is 1.47. The van der Waals surface area contributed by atoms with Crippen molar-refractivity contribution in [3.05, 3.63) is 11.4 Å². The first kappa shape index (κ1) is 15.8. The Bertz CT molecular complexity index is 506. The molecule has 110 valence electrons. The lowest BCUT2D eigenvalue weighted by atomic mass is 10.00. The Hall–Kier alpha value is -2.25. The van der Waals surface area contributed by atoms with E-state index in [4.69, 9.17) is 5.11 Å². The molecule has 1 aromatic heterocycles. The van der Waals surface area contributed by atoms with Crippen LogP contribution in [0.15, 0.2) is 0 Å². The van der Waals surface area contributed by atoms with Gasteiger partial charge in [-0.3, -0.25) is 5.32 Å². The molecule has 1 rings (SSSR count). The number of nitrogens with one attached hydrogen (secondary N) is 2. The van der Waals surface area contributed by atoms with E-state index in [2.05, 4.69) is 25.8 Å². The Balaban J connectivity index is 2.70. The van der Waals surface area contributed by atoms with Crippen molar-refractivity contribution in [2.45, 2.75) is 40.2 Å². The number of aromatic nitrogens is 3. The molecule has 0 aliphatic heterocycles. The standard InChI is InChI=1S/C12H19N5O3/c1-5-6(2)9(10(18)19)14-12(20)15-11-13-7(3)8(4)16-17-11/h6,9H,5H2,1-4H3,(H,18,19)(H2,13,14,15,17,20)/t6-,9-/m0/s1. The number of carboxylic acids is 1. The number of carbonyl (C=O) groups is 2. The third kappa shape index (κ3) is 4.15. The Labute approximate surface area is 117 Å². The number of rotatable bonds is 5. The fourth-order valence-electron chi connectivity index (χ4n) is 1.47. The van der Waals surface area contributed by atoms with Crippen LogP contribution in [0.5, 0.6) is 0 Å². The van der Waals surface area contributed by atoms with Gasteiger partial charge in [-0.25, -0.2) is 14.6 Å². The van der Waals surface area contributed by atoms with Gasteiger partial charge < -0.3 is 10.4 Å². The van der Waals surface area contributed by atoms with Crippen molar-refractivity contribution in [1.29, 1.82) is 0 Å². The van der Waals surface area contributed by atoms with Crippen molar-refractivity contribution in [2.75, 3.05) is 5.32 Å². The van der Waals surface area contributed by atoms with Crippen molar-refractivity contribution in [2.24, 2.45) is 5.92 Å². The summed E-state index contributed by atoms with van der Waals surface area (Å²) in [6.45, 7) is 7.11. The second-order valence-electron chi connectivity index (χ2n) is 4.61. The molecule has 0 aromatic carbocycles. The van der Waals surface area contributed by atoms with Gasteiger partial charge in [-0.2, -0.15) is 5.10 Å². The third-order valence-corrected chi connectivity index (χ3v) is 3.08. The highest BCUT2D eigenvalue weighted by atomic mass is 16.4. The van der Waals surface area contributed by atoms with E-state index in [1.54, 1.807) is 20.8 Å². The van der Waals surface area contributed by atoms with Crippen LogP contribution in [0.3, 0.4) is 0 Å². The summed E-state index contributed by atoms with van der Waals surface area (Å²) in [5.41, 5.74) is 1.31. The van der Waals surface area contributed by atoms with Crippen LogP contribution in [0.2, 0.25) is 0 Å². The van der Waals surface area contributed by atoms with Gasteiger partial charge >= 0.3 is 12.0 Å². The molecule has 20 heavy (non-hydrogen) atoms. The van der Waals surface area contributed by atoms with Gasteiger partial charge in [0.05, 0.1) is 11.4 Å². The highest BCUT2D eigenvalue weighted by Crippen LogP contribution is 2.08. The maximum atomic E-state index is 11.8. The number of anilines is 1. The van der Waals surface area contributed by atoms with Gasteiger partial charge in [0.2, 0.25) is 0 Å². The Morgan fingerprint density at radius 1 is 1.25 bits per heavy atom. The first-order chi connectivity index (χ1) is 9.35. The molecule has 3 N–H and O–H groups in total. The van der Waals surface area contributed by atoms with Gasteiger partial charge in [0, 0.05) is 0 Å². The molecule has 0 aliphatic carbocycles. The van der Waals surface area contributed by atoms with Crippen molar-refractivity contribution in [3.8, 4) is 0 Å². The molecule has 2 amide bonds. The van der Waals surface area contributed by atoms with E-state index in [-0.39, 0.29) is 11.9 Å². The summed E-state index contributed by atoms with van der Waals surface area (Å²) >= 11 is 0. The number of aliphatic carboxylic acids is 1. The normalized spacial score (nSPS) is 13.4. The van der Waals surface area contributed by atoms with Crippen LogP contribution in [0.4, 0.5) is 10.7 Å². The van der Waals surface area contributed by atoms with Gasteiger partial charge in [0.25, 0.3) is 5.95 Å². The summed E-state index contributed by atoms with van der Waals surface area (Å²) < 4.78 is 0. The largest absolute Gasteiger partial charge is 0.480 e. The molecule has 0 radical (unpaired) electrons. The summed E-state index contributed by atoms with van der Waals surface area (Å²) in [4.78, 5) is 26.9. The zero-order valence-corrected chi connectivity index (χ0v) is 12.0. The smallest absolute Gasteiger partial charge is 0.326 e. The van der Waals surface area contributed by atoms with E-state index in [1.165, 1.54) is 0 Å². The maximum absolute atomic E-state index is 11.8. The summed E-state index contributed by atoms with van der Waals surface area (Å²) in [5.74, 6) is -1.22. The topological polar surface area (TPSA) is 117 Å². The van der Waals surface area contributed by atoms with Gasteiger partial charge in [-0.1, -0.05) is 20.3 Å². The predicted octanol–water partition coefficient (Wildman–Crippen LogP) is 1.11. The minimum atomic E-state index is -1.08. The number of hydrogen-bond acceptors (Lipinski definition) is 5. The van der Waals surface area contributed by atoms with Crippen LogP contribution >= 0.6 is 0 Å². The fraction of sp³-hybridized carbons (Fsp3) is 0.583. The highest BCUT2D eigenvalue weighted by Gasteiger charge is 2.25. The lowest BCUT2D eigenvalue weighted by molar-refractivity contribution is -0.140. The molecule has 1 heterocycles. The number of amides is 2. The summed E-state index contributed by atoms with van der Waals surface area (Å²) in [6, 6.07) is -1.62. The van der Waals surface area contributed by atoms with Crippen molar-refractivity contribution in [1.82, 2.24) is 20.5 Å². The minimum absolute atomic E-state index is 0.0406. The Kier molecular flexibility index (Phi) is 5.36. The molecule has 8 heteroatoms. The van der Waals surface area contributed by atoms with Gasteiger partial charge in [0.1, 0.15) is 6.04 Å². The lowest BCUT2D eigenvalue weighted by Crippen LogP contribution is -2.46. The molecule has 0 spiro atoms. The Morgan fingerprint density at radius 3 is 2.40 bits per heavy atom. The molecule has 0 aliphatic rings. The molecular formula is C12H19N5O3. The quantitative estimate of drug-likeness (QED) is 0.744. The lowest BCUT2D eigenvalue weighted by Gasteiger charge is -2.19. The second kappa shape index (κ2) is 6.78. The van der Waals surface area contributed by atoms with Crippen LogP contribution in [-0.4, -0.2) is 38.3 Å². The van der Waals surface area contributed by atoms with Gasteiger partial charge in [-0.15, -0.1) is 5.10 Å². The van der Waals surface area contributed by atoms with Gasteiger partial charge in [-0.05, 0) is 19.8 Å². The third-order valence-electron chi connectivity index (χ3n) is 3.08. The number of hydrogen-bond donors (Lipinski definition) is 3. The van der Waals surface area contributed by atoms with E-state index in [0.717, 1.165) is 0 Å². The van der Waals surface area contributed by atoms with Crippen LogP contribution in [0.1, 0.15) is 31.7 Å². The van der Waals surface area contributed by atoms with Crippen molar-refractivity contribution >= 4 is 17.9 Å². The Morgan fingerprint density at radius 2 is 1.90 bits per heavy atom. The van der Waals surface area contributed by atoms with E-state index in [1.807, 2.05) is 6.92 Å². The molecule has 0 bridgehead atoms. The van der Waals surface area contributed by atoms with Crippen LogP contribution in [-0.2, 0) is 4.79 Å². The highest BCUT2D eigenvalue weighted by molar-refractivity contribution is 5.90. The molecule has 8 nitrogen and oxygen atoms in total. The zero-order valence-electron chi connectivity index (χ0n) is 12.0. The monoisotopic (exact) mass is 281 g/mol. The molecule has 1 aromatic rings. The summed E-state index contributed by atoms with van der Waals surface area (Å²) in [6.07, 6.45) is 0.638. The molecule has 0 saturated carbocycles. The van der Waals surface area contributed by atoms with Crippen LogP contribution < -0.4 is 10.6 Å². The second-order valence-corrected chi connectivity index (χ2v) is 4.61. The predicted molar refractivity (Wildman–Crippen MR) is 72.3 cm³/mol. The molecule has 0 fully saturated rings. The minimum Gasteiger partial charge on any atom is -0.480 e. The maximum Gasteiger partial charge on any atom is 0.326 e. The van der Waals surface area contributed by atoms with E-state index < -0.39 is 18.0 Å². The molecule has 0 unspecified atom stereocenters.